The van der Waals surface area contributed by atoms with E-state index in [9.17, 15) is 9.90 Å². The molecule has 9 heteroatoms. The van der Waals surface area contributed by atoms with Gasteiger partial charge in [-0.15, -0.1) is 5.10 Å². The van der Waals surface area contributed by atoms with E-state index >= 15 is 0 Å². The zero-order valence-electron chi connectivity index (χ0n) is 12.7. The van der Waals surface area contributed by atoms with Crippen molar-refractivity contribution in [3.63, 3.8) is 0 Å². The van der Waals surface area contributed by atoms with E-state index in [1.54, 1.807) is 18.2 Å². The monoisotopic (exact) mass is 482 g/mol. The summed E-state index contributed by atoms with van der Waals surface area (Å²) in [6, 6.07) is 12.4. The average molecular weight is 484 g/mol. The van der Waals surface area contributed by atoms with Crippen LogP contribution in [0.1, 0.15) is 0 Å². The highest BCUT2D eigenvalue weighted by Gasteiger charge is 2.12. The molecule has 0 saturated carbocycles. The van der Waals surface area contributed by atoms with E-state index in [1.807, 2.05) is 24.3 Å². The highest BCUT2D eigenvalue weighted by Crippen LogP contribution is 2.30. The summed E-state index contributed by atoms with van der Waals surface area (Å²) in [5.41, 5.74) is 1.24. The van der Waals surface area contributed by atoms with Crippen molar-refractivity contribution in [3.8, 4) is 17.1 Å². The lowest BCUT2D eigenvalue weighted by atomic mass is 10.2. The number of hydrogen-bond donors (Lipinski definition) is 3. The van der Waals surface area contributed by atoms with Crippen molar-refractivity contribution < 1.29 is 9.90 Å². The van der Waals surface area contributed by atoms with Crippen LogP contribution in [0.4, 0.5) is 5.69 Å². The van der Waals surface area contributed by atoms with Gasteiger partial charge in [-0.2, -0.15) is 0 Å². The summed E-state index contributed by atoms with van der Waals surface area (Å²) in [5, 5.41) is 20.0. The average Bonchev–Trinajstić information content (AvgIpc) is 3.06. The van der Waals surface area contributed by atoms with Gasteiger partial charge in [0, 0.05) is 8.95 Å². The van der Waals surface area contributed by atoms with Gasteiger partial charge in [-0.05, 0) is 46.3 Å². The molecule has 0 fully saturated rings. The number of para-hydroxylation sites is 1. The number of aromatic hydroxyl groups is 1. The first-order valence-electron chi connectivity index (χ1n) is 7.11. The second-order valence-corrected chi connectivity index (χ2v) is 7.66. The second kappa shape index (κ2) is 8.03. The largest absolute Gasteiger partial charge is 0.507 e. The van der Waals surface area contributed by atoms with E-state index in [4.69, 9.17) is 0 Å². The zero-order chi connectivity index (χ0) is 17.8. The van der Waals surface area contributed by atoms with Crippen molar-refractivity contribution in [2.75, 3.05) is 11.1 Å². The molecule has 1 aromatic heterocycles. The summed E-state index contributed by atoms with van der Waals surface area (Å²) in [5.74, 6) is 0.548. The van der Waals surface area contributed by atoms with Gasteiger partial charge in [0.25, 0.3) is 0 Å². The lowest BCUT2D eigenvalue weighted by molar-refractivity contribution is -0.113. The quantitative estimate of drug-likeness (QED) is 0.467. The van der Waals surface area contributed by atoms with Crippen molar-refractivity contribution >= 4 is 55.2 Å². The molecule has 3 rings (SSSR count). The van der Waals surface area contributed by atoms with E-state index in [0.29, 0.717) is 22.2 Å². The second-order valence-electron chi connectivity index (χ2n) is 4.94. The molecule has 3 aromatic rings. The lowest BCUT2D eigenvalue weighted by Crippen LogP contribution is -2.14. The molecule has 0 aliphatic rings. The number of carbonyl (C=O) groups is 1. The number of aromatic amines is 1. The van der Waals surface area contributed by atoms with E-state index in [-0.39, 0.29) is 17.4 Å². The highest BCUT2D eigenvalue weighted by molar-refractivity contribution is 9.10. The molecule has 2 aromatic carbocycles. The molecule has 0 saturated heterocycles. The van der Waals surface area contributed by atoms with Crippen LogP contribution in [0.25, 0.3) is 11.4 Å². The number of nitrogens with one attached hydrogen (secondary N) is 2. The first kappa shape index (κ1) is 18.0. The normalized spacial score (nSPS) is 10.6. The van der Waals surface area contributed by atoms with Gasteiger partial charge in [0.05, 0.1) is 17.0 Å². The number of benzene rings is 2. The maximum atomic E-state index is 12.0. The van der Waals surface area contributed by atoms with Gasteiger partial charge in [-0.1, -0.05) is 39.8 Å². The third-order valence-corrected chi connectivity index (χ3v) is 5.19. The fourth-order valence-corrected chi connectivity index (χ4v) is 3.35. The molecule has 128 valence electrons. The van der Waals surface area contributed by atoms with Crippen molar-refractivity contribution in [3.05, 3.63) is 51.4 Å². The lowest BCUT2D eigenvalue weighted by Gasteiger charge is -2.05. The number of hydrogen-bond acceptors (Lipinski definition) is 5. The third kappa shape index (κ3) is 4.62. The molecule has 0 bridgehead atoms. The topological polar surface area (TPSA) is 90.9 Å². The Bertz CT molecular complexity index is 917. The minimum absolute atomic E-state index is 0.0996. The molecule has 25 heavy (non-hydrogen) atoms. The van der Waals surface area contributed by atoms with E-state index in [2.05, 4.69) is 52.4 Å². The van der Waals surface area contributed by atoms with Crippen LogP contribution in [-0.2, 0) is 4.79 Å². The Hall–Kier alpha value is -1.84. The molecule has 0 aliphatic heterocycles. The van der Waals surface area contributed by atoms with Gasteiger partial charge in [-0.25, -0.2) is 4.98 Å². The Morgan fingerprint density at radius 1 is 1.24 bits per heavy atom. The fraction of sp³-hybridized carbons (Fsp3) is 0.0625. The molecule has 0 aliphatic carbocycles. The van der Waals surface area contributed by atoms with Crippen molar-refractivity contribution in [2.45, 2.75) is 5.16 Å². The van der Waals surface area contributed by atoms with Gasteiger partial charge < -0.3 is 10.4 Å². The molecular weight excluding hydrogens is 472 g/mol. The predicted molar refractivity (Wildman–Crippen MR) is 105 cm³/mol. The van der Waals surface area contributed by atoms with E-state index in [0.717, 1.165) is 8.95 Å². The van der Waals surface area contributed by atoms with Crippen LogP contribution in [0.2, 0.25) is 0 Å². The Labute approximate surface area is 164 Å². The number of H-pyrrole nitrogens is 1. The summed E-state index contributed by atoms with van der Waals surface area (Å²) in [4.78, 5) is 16.4. The maximum absolute atomic E-state index is 12.0. The van der Waals surface area contributed by atoms with Gasteiger partial charge in [0.1, 0.15) is 5.75 Å². The number of halogens is 2. The number of nitrogens with zero attached hydrogens (tertiary/aromatic N) is 2. The standard InChI is InChI=1S/C16H12Br2N4O2S/c17-9-5-6-13(23)10(7-9)15-20-16(22-21-15)25-8-14(24)19-12-4-2-1-3-11(12)18/h1-7,23H,8H2,(H,19,24)(H,20,21,22). The minimum atomic E-state index is -0.159. The van der Waals surface area contributed by atoms with Crippen molar-refractivity contribution in [1.82, 2.24) is 15.2 Å². The molecule has 0 spiro atoms. The third-order valence-electron chi connectivity index (χ3n) is 3.16. The van der Waals surface area contributed by atoms with Crippen LogP contribution >= 0.6 is 43.6 Å². The first-order valence-corrected chi connectivity index (χ1v) is 9.68. The summed E-state index contributed by atoms with van der Waals surface area (Å²) in [7, 11) is 0. The molecule has 6 nitrogen and oxygen atoms in total. The number of carbonyl (C=O) groups excluding carboxylic acids is 1. The summed E-state index contributed by atoms with van der Waals surface area (Å²) < 4.78 is 1.64. The number of amides is 1. The van der Waals surface area contributed by atoms with Crippen molar-refractivity contribution in [2.24, 2.45) is 0 Å². The van der Waals surface area contributed by atoms with Gasteiger partial charge in [0.2, 0.25) is 11.1 Å². The number of anilines is 1. The molecule has 1 heterocycles. The number of phenolic OH excluding ortho intramolecular Hbond substituents is 1. The maximum Gasteiger partial charge on any atom is 0.234 e. The van der Waals surface area contributed by atoms with Crippen LogP contribution < -0.4 is 5.32 Å². The summed E-state index contributed by atoms with van der Waals surface area (Å²) in [6.07, 6.45) is 0. The Kier molecular flexibility index (Phi) is 5.77. The number of aromatic nitrogens is 3. The van der Waals surface area contributed by atoms with Crippen LogP contribution in [0, 0.1) is 0 Å². The molecular formula is C16H12Br2N4O2S. The van der Waals surface area contributed by atoms with E-state index in [1.165, 1.54) is 11.8 Å². The van der Waals surface area contributed by atoms with Gasteiger partial charge >= 0.3 is 0 Å². The smallest absolute Gasteiger partial charge is 0.234 e. The SMILES string of the molecule is O=C(CSc1n[nH]c(-c2cc(Br)ccc2O)n1)Nc1ccccc1Br. The predicted octanol–water partition coefficient (Wildman–Crippen LogP) is 4.43. The van der Waals surface area contributed by atoms with E-state index < -0.39 is 0 Å². The number of phenols is 1. The Morgan fingerprint density at radius 2 is 2.04 bits per heavy atom. The zero-order valence-corrected chi connectivity index (χ0v) is 16.7. The first-order chi connectivity index (χ1) is 12.0. The summed E-state index contributed by atoms with van der Waals surface area (Å²) >= 11 is 7.94. The number of thioether (sulfide) groups is 1. The van der Waals surface area contributed by atoms with Crippen LogP contribution in [0.5, 0.6) is 5.75 Å². The molecule has 0 atom stereocenters. The Balaban J connectivity index is 1.63. The van der Waals surface area contributed by atoms with Crippen molar-refractivity contribution in [1.29, 1.82) is 0 Å². The molecule has 3 N–H and O–H groups in total. The molecule has 1 amide bonds. The van der Waals surface area contributed by atoms with Crippen LogP contribution in [0.3, 0.4) is 0 Å². The molecule has 0 radical (unpaired) electrons. The highest BCUT2D eigenvalue weighted by atomic mass is 79.9. The summed E-state index contributed by atoms with van der Waals surface area (Å²) in [6.45, 7) is 0. The van der Waals surface area contributed by atoms with Crippen LogP contribution in [-0.4, -0.2) is 31.9 Å². The number of rotatable bonds is 5. The molecule has 0 unspecified atom stereocenters. The Morgan fingerprint density at radius 3 is 2.84 bits per heavy atom. The minimum Gasteiger partial charge on any atom is -0.507 e. The van der Waals surface area contributed by atoms with Crippen LogP contribution in [0.15, 0.2) is 56.6 Å². The fourth-order valence-electron chi connectivity index (χ4n) is 2.01. The van der Waals surface area contributed by atoms with Gasteiger partial charge in [0.15, 0.2) is 5.82 Å². The van der Waals surface area contributed by atoms with Gasteiger partial charge in [-0.3, -0.25) is 9.89 Å².